The Morgan fingerprint density at radius 2 is 1.53 bits per heavy atom. The Balaban J connectivity index is 1.56. The van der Waals surface area contributed by atoms with Gasteiger partial charge < -0.3 is 10.6 Å². The van der Waals surface area contributed by atoms with Crippen molar-refractivity contribution in [3.63, 3.8) is 0 Å². The van der Waals surface area contributed by atoms with Gasteiger partial charge in [-0.15, -0.1) is 11.8 Å². The summed E-state index contributed by atoms with van der Waals surface area (Å²) in [5.41, 5.74) is 3.21. The van der Waals surface area contributed by atoms with Crippen LogP contribution in [0.25, 0.3) is 0 Å². The molecule has 0 aliphatic rings. The Kier molecular flexibility index (Phi) is 8.60. The van der Waals surface area contributed by atoms with Crippen molar-refractivity contribution in [1.29, 1.82) is 0 Å². The topological polar surface area (TPSA) is 58.2 Å². The number of benzene rings is 4. The highest BCUT2D eigenvalue weighted by atomic mass is 35.5. The molecule has 0 saturated heterocycles. The van der Waals surface area contributed by atoms with Crippen LogP contribution in [0.3, 0.4) is 0 Å². The zero-order valence-electron chi connectivity index (χ0n) is 19.1. The first-order valence-corrected chi connectivity index (χ1v) is 13.0. The fourth-order valence-electron chi connectivity index (χ4n) is 3.50. The quantitative estimate of drug-likeness (QED) is 0.224. The Labute approximate surface area is 229 Å². The van der Waals surface area contributed by atoms with E-state index in [1.54, 1.807) is 30.3 Å². The number of carbonyl (C=O) groups is 2. The molecule has 0 saturated carbocycles. The maximum Gasteiger partial charge on any atom is 0.257 e. The molecule has 4 rings (SSSR count). The second-order valence-corrected chi connectivity index (χ2v) is 10.3. The van der Waals surface area contributed by atoms with Crippen molar-refractivity contribution in [1.82, 2.24) is 0 Å². The van der Waals surface area contributed by atoms with E-state index in [0.717, 1.165) is 16.0 Å². The molecule has 2 N–H and O–H groups in total. The van der Waals surface area contributed by atoms with E-state index in [-0.39, 0.29) is 16.8 Å². The average Bonchev–Trinajstić information content (AvgIpc) is 2.86. The Morgan fingerprint density at radius 3 is 2.28 bits per heavy atom. The van der Waals surface area contributed by atoms with Crippen LogP contribution in [0.1, 0.15) is 26.7 Å². The lowest BCUT2D eigenvalue weighted by molar-refractivity contribution is -0.115. The largest absolute Gasteiger partial charge is 0.325 e. The summed E-state index contributed by atoms with van der Waals surface area (Å²) in [5, 5.41) is 6.63. The van der Waals surface area contributed by atoms with E-state index in [4.69, 9.17) is 34.8 Å². The van der Waals surface area contributed by atoms with Crippen LogP contribution in [-0.4, -0.2) is 11.8 Å². The number of nitrogens with one attached hydrogen (secondary N) is 2. The summed E-state index contributed by atoms with van der Waals surface area (Å²) >= 11 is 19.7. The summed E-state index contributed by atoms with van der Waals surface area (Å²) in [7, 11) is 0. The minimum atomic E-state index is -0.541. The molecule has 0 aliphatic carbocycles. The van der Waals surface area contributed by atoms with E-state index in [9.17, 15) is 9.59 Å². The molecule has 4 nitrogen and oxygen atoms in total. The first-order chi connectivity index (χ1) is 17.3. The number of thioether (sulfide) groups is 1. The normalized spacial score (nSPS) is 11.6. The highest BCUT2D eigenvalue weighted by molar-refractivity contribution is 8.00. The molecule has 1 unspecified atom stereocenters. The molecule has 0 spiro atoms. The molecule has 4 aromatic rings. The van der Waals surface area contributed by atoms with E-state index in [2.05, 4.69) is 10.6 Å². The SMILES string of the molecule is Cc1c(Cl)cccc1NC(=O)C(Sc1cccc(NC(=O)c2ccc(Cl)cc2Cl)c1)c1ccccc1. The lowest BCUT2D eigenvalue weighted by atomic mass is 10.1. The Morgan fingerprint density at radius 1 is 0.778 bits per heavy atom. The number of carbonyl (C=O) groups excluding carboxylic acids is 2. The third kappa shape index (κ3) is 6.42. The van der Waals surface area contributed by atoms with Gasteiger partial charge in [-0.1, -0.05) is 77.3 Å². The number of rotatable bonds is 7. The van der Waals surface area contributed by atoms with Crippen LogP contribution in [0.5, 0.6) is 0 Å². The number of hydrogen-bond acceptors (Lipinski definition) is 3. The van der Waals surface area contributed by atoms with Gasteiger partial charge >= 0.3 is 0 Å². The van der Waals surface area contributed by atoms with Crippen molar-refractivity contribution < 1.29 is 9.59 Å². The Hall–Kier alpha value is -2.96. The number of anilines is 2. The third-order valence-corrected chi connectivity index (χ3v) is 7.59. The average molecular weight is 556 g/mol. The van der Waals surface area contributed by atoms with Gasteiger partial charge in [-0.2, -0.15) is 0 Å². The molecule has 8 heteroatoms. The molecular weight excluding hydrogens is 535 g/mol. The molecule has 0 radical (unpaired) electrons. The fourth-order valence-corrected chi connectivity index (χ4v) is 5.25. The summed E-state index contributed by atoms with van der Waals surface area (Å²) < 4.78 is 0. The van der Waals surface area contributed by atoms with Gasteiger partial charge in [-0.05, 0) is 66.6 Å². The van der Waals surface area contributed by atoms with Gasteiger partial charge in [-0.3, -0.25) is 9.59 Å². The molecule has 4 aromatic carbocycles. The number of hydrogen-bond donors (Lipinski definition) is 2. The fraction of sp³-hybridized carbons (Fsp3) is 0.0714. The maximum atomic E-state index is 13.4. The lowest BCUT2D eigenvalue weighted by Gasteiger charge is -2.19. The molecular formula is C28H21Cl3N2O2S. The van der Waals surface area contributed by atoms with E-state index in [0.29, 0.717) is 27.0 Å². The number of halogens is 3. The Bertz CT molecular complexity index is 1410. The zero-order valence-corrected chi connectivity index (χ0v) is 22.2. The lowest BCUT2D eigenvalue weighted by Crippen LogP contribution is -2.19. The highest BCUT2D eigenvalue weighted by Crippen LogP contribution is 2.38. The van der Waals surface area contributed by atoms with E-state index < -0.39 is 5.25 Å². The predicted molar refractivity (Wildman–Crippen MR) is 151 cm³/mol. The molecule has 0 aliphatic heterocycles. The summed E-state index contributed by atoms with van der Waals surface area (Å²) in [6.07, 6.45) is 0. The van der Waals surface area contributed by atoms with Gasteiger partial charge in [0.1, 0.15) is 5.25 Å². The molecule has 2 amide bonds. The minimum absolute atomic E-state index is 0.182. The molecule has 0 aromatic heterocycles. The van der Waals surface area contributed by atoms with Gasteiger partial charge in [-0.25, -0.2) is 0 Å². The molecule has 0 bridgehead atoms. The van der Waals surface area contributed by atoms with Crippen LogP contribution in [-0.2, 0) is 4.79 Å². The van der Waals surface area contributed by atoms with Crippen LogP contribution in [0.15, 0.2) is 95.9 Å². The first-order valence-electron chi connectivity index (χ1n) is 11.0. The monoisotopic (exact) mass is 554 g/mol. The van der Waals surface area contributed by atoms with Crippen LogP contribution in [0.2, 0.25) is 15.1 Å². The van der Waals surface area contributed by atoms with E-state index in [1.807, 2.05) is 61.5 Å². The number of amides is 2. The second-order valence-electron chi connectivity index (χ2n) is 7.92. The zero-order chi connectivity index (χ0) is 25.7. The van der Waals surface area contributed by atoms with Gasteiger partial charge in [0, 0.05) is 26.3 Å². The van der Waals surface area contributed by atoms with Crippen molar-refractivity contribution >= 4 is 69.8 Å². The van der Waals surface area contributed by atoms with Crippen molar-refractivity contribution in [2.45, 2.75) is 17.1 Å². The standard InChI is InChI=1S/C28H21Cl3N2O2S/c1-17-23(30)11-6-12-25(17)33-28(35)26(18-7-3-2-4-8-18)36-21-10-5-9-20(16-21)32-27(34)22-14-13-19(29)15-24(22)31/h2-16,26H,1H3,(H,32,34)(H,33,35). The predicted octanol–water partition coefficient (Wildman–Crippen LogP) is 8.68. The highest BCUT2D eigenvalue weighted by Gasteiger charge is 2.23. The van der Waals surface area contributed by atoms with Gasteiger partial charge in [0.05, 0.1) is 10.6 Å². The second kappa shape index (κ2) is 11.8. The molecule has 36 heavy (non-hydrogen) atoms. The van der Waals surface area contributed by atoms with Crippen molar-refractivity contribution in [3.8, 4) is 0 Å². The van der Waals surface area contributed by atoms with Crippen LogP contribution in [0.4, 0.5) is 11.4 Å². The molecule has 0 heterocycles. The molecule has 0 fully saturated rings. The summed E-state index contributed by atoms with van der Waals surface area (Å²) in [6.45, 7) is 1.86. The van der Waals surface area contributed by atoms with Gasteiger partial charge in [0.25, 0.3) is 5.91 Å². The van der Waals surface area contributed by atoms with E-state index in [1.165, 1.54) is 17.8 Å². The summed E-state index contributed by atoms with van der Waals surface area (Å²) in [4.78, 5) is 27.0. The first kappa shape index (κ1) is 26.1. The maximum absolute atomic E-state index is 13.4. The smallest absolute Gasteiger partial charge is 0.257 e. The summed E-state index contributed by atoms with van der Waals surface area (Å²) in [6, 6.07) is 27.0. The molecule has 1 atom stereocenters. The minimum Gasteiger partial charge on any atom is -0.325 e. The van der Waals surface area contributed by atoms with Crippen molar-refractivity contribution in [2.75, 3.05) is 10.6 Å². The third-order valence-electron chi connectivity index (χ3n) is 5.39. The van der Waals surface area contributed by atoms with Gasteiger partial charge in [0.2, 0.25) is 5.91 Å². The van der Waals surface area contributed by atoms with Crippen LogP contribution in [0, 0.1) is 6.92 Å². The van der Waals surface area contributed by atoms with Crippen molar-refractivity contribution in [2.24, 2.45) is 0 Å². The van der Waals surface area contributed by atoms with Crippen molar-refractivity contribution in [3.05, 3.63) is 123 Å². The molecule has 182 valence electrons. The van der Waals surface area contributed by atoms with Crippen LogP contribution < -0.4 is 10.6 Å². The van der Waals surface area contributed by atoms with E-state index >= 15 is 0 Å². The van der Waals surface area contributed by atoms with Crippen LogP contribution >= 0.6 is 46.6 Å². The summed E-state index contributed by atoms with van der Waals surface area (Å²) in [5.74, 6) is -0.536. The van der Waals surface area contributed by atoms with Gasteiger partial charge in [0.15, 0.2) is 0 Å².